The molecule has 0 aromatic carbocycles. The molecule has 30 heavy (non-hydrogen) atoms. The molecule has 0 N–H and O–H groups in total. The van der Waals surface area contributed by atoms with Crippen LogP contribution in [0, 0.1) is 18.8 Å². The normalized spacial score (nSPS) is 32.1. The van der Waals surface area contributed by atoms with Crippen molar-refractivity contribution in [2.24, 2.45) is 11.8 Å². The Labute approximate surface area is 173 Å². The Morgan fingerprint density at radius 3 is 2.67 bits per heavy atom. The van der Waals surface area contributed by atoms with Crippen LogP contribution in [-0.2, 0) is 19.1 Å². The fourth-order valence-corrected chi connectivity index (χ4v) is 4.99. The quantitative estimate of drug-likeness (QED) is 0.664. The van der Waals surface area contributed by atoms with Gasteiger partial charge in [0.1, 0.15) is 11.4 Å². The van der Waals surface area contributed by atoms with Gasteiger partial charge < -0.3 is 23.8 Å². The molecule has 1 spiro atoms. The summed E-state index contributed by atoms with van der Waals surface area (Å²) in [5.74, 6) is -0.379. The lowest BCUT2D eigenvalue weighted by molar-refractivity contribution is -0.141. The van der Waals surface area contributed by atoms with Crippen LogP contribution in [0.15, 0.2) is 22.7 Å². The highest BCUT2D eigenvalue weighted by atomic mass is 16.6. The third kappa shape index (κ3) is 2.73. The predicted molar refractivity (Wildman–Crippen MR) is 102 cm³/mol. The van der Waals surface area contributed by atoms with Crippen molar-refractivity contribution < 1.29 is 28.4 Å². The molecule has 0 unspecified atom stereocenters. The molecule has 1 aromatic heterocycles. The summed E-state index contributed by atoms with van der Waals surface area (Å²) in [5.41, 5.74) is -0.804. The number of anilines is 1. The summed E-state index contributed by atoms with van der Waals surface area (Å²) in [6.07, 6.45) is 3.03. The van der Waals surface area contributed by atoms with E-state index in [1.54, 1.807) is 34.6 Å². The molecule has 10 heteroatoms. The topological polar surface area (TPSA) is 105 Å². The zero-order chi connectivity index (χ0) is 21.0. The Hall–Kier alpha value is -2.88. The molecule has 2 bridgehead atoms. The Morgan fingerprint density at radius 2 is 2.00 bits per heavy atom. The molecule has 0 saturated carbocycles. The van der Waals surface area contributed by atoms with Crippen molar-refractivity contribution in [3.05, 3.63) is 24.0 Å². The average molecular weight is 416 g/mol. The van der Waals surface area contributed by atoms with Crippen molar-refractivity contribution in [1.29, 1.82) is 0 Å². The highest BCUT2D eigenvalue weighted by Crippen LogP contribution is 2.53. The van der Waals surface area contributed by atoms with Gasteiger partial charge in [-0.2, -0.15) is 0 Å². The number of piperazine rings is 1. The SMILES string of the molecule is CCOC(=O)N1CCN(C(=O)[C@@H]2[C@H]3C=C[C@@]4(CN(c5cc(C)on5)C(=O)[C@@H]24)O3)CC1. The Bertz CT molecular complexity index is 920. The summed E-state index contributed by atoms with van der Waals surface area (Å²) in [4.78, 5) is 43.5. The fraction of sp³-hybridized carbons (Fsp3) is 0.600. The Morgan fingerprint density at radius 1 is 1.27 bits per heavy atom. The third-order valence-electron chi connectivity index (χ3n) is 6.39. The minimum atomic E-state index is -0.804. The molecule has 10 nitrogen and oxygen atoms in total. The summed E-state index contributed by atoms with van der Waals surface area (Å²) in [6.45, 7) is 5.79. The van der Waals surface area contributed by atoms with Crippen LogP contribution >= 0.6 is 0 Å². The number of carbonyl (C=O) groups is 3. The van der Waals surface area contributed by atoms with Crippen molar-refractivity contribution in [2.75, 3.05) is 44.2 Å². The van der Waals surface area contributed by atoms with Gasteiger partial charge in [-0.25, -0.2) is 4.79 Å². The van der Waals surface area contributed by atoms with E-state index in [1.165, 1.54) is 0 Å². The van der Waals surface area contributed by atoms with Gasteiger partial charge in [0.15, 0.2) is 5.82 Å². The maximum absolute atomic E-state index is 13.4. The molecule has 5 heterocycles. The van der Waals surface area contributed by atoms with E-state index < -0.39 is 23.5 Å². The van der Waals surface area contributed by atoms with E-state index in [4.69, 9.17) is 14.0 Å². The van der Waals surface area contributed by atoms with E-state index in [9.17, 15) is 14.4 Å². The molecular weight excluding hydrogens is 392 g/mol. The first-order valence-electron chi connectivity index (χ1n) is 10.3. The monoisotopic (exact) mass is 416 g/mol. The maximum Gasteiger partial charge on any atom is 0.409 e. The van der Waals surface area contributed by atoms with Gasteiger partial charge in [-0.3, -0.25) is 14.5 Å². The second-order valence-electron chi connectivity index (χ2n) is 8.13. The number of nitrogens with zero attached hydrogens (tertiary/aromatic N) is 4. The molecular formula is C20H24N4O6. The molecule has 5 rings (SSSR count). The van der Waals surface area contributed by atoms with Crippen LogP contribution in [0.25, 0.3) is 0 Å². The maximum atomic E-state index is 13.4. The Balaban J connectivity index is 1.32. The molecule has 3 amide bonds. The summed E-state index contributed by atoms with van der Waals surface area (Å²) in [6, 6.07) is 1.71. The van der Waals surface area contributed by atoms with Crippen LogP contribution in [0.1, 0.15) is 12.7 Å². The number of fused-ring (bicyclic) bond motifs is 1. The van der Waals surface area contributed by atoms with E-state index >= 15 is 0 Å². The molecule has 4 aliphatic heterocycles. The smallest absolute Gasteiger partial charge is 0.409 e. The number of aryl methyl sites for hydroxylation is 1. The average Bonchev–Trinajstić information content (AvgIpc) is 3.49. The van der Waals surface area contributed by atoms with Gasteiger partial charge in [-0.1, -0.05) is 17.3 Å². The van der Waals surface area contributed by atoms with Crippen LogP contribution in [0.4, 0.5) is 10.6 Å². The van der Waals surface area contributed by atoms with Crippen LogP contribution in [-0.4, -0.2) is 83.9 Å². The Kier molecular flexibility index (Phi) is 4.35. The van der Waals surface area contributed by atoms with Gasteiger partial charge in [0.05, 0.1) is 31.1 Å². The molecule has 3 fully saturated rings. The van der Waals surface area contributed by atoms with Crippen molar-refractivity contribution in [3.8, 4) is 0 Å². The number of rotatable bonds is 3. The van der Waals surface area contributed by atoms with Crippen molar-refractivity contribution >= 4 is 23.7 Å². The van der Waals surface area contributed by atoms with E-state index in [2.05, 4.69) is 5.16 Å². The fourth-order valence-electron chi connectivity index (χ4n) is 4.99. The van der Waals surface area contributed by atoms with Crippen molar-refractivity contribution in [3.63, 3.8) is 0 Å². The predicted octanol–water partition coefficient (Wildman–Crippen LogP) is 0.570. The number of carbonyl (C=O) groups excluding carboxylic acids is 3. The minimum absolute atomic E-state index is 0.105. The van der Waals surface area contributed by atoms with Gasteiger partial charge in [0, 0.05) is 32.2 Å². The second kappa shape index (κ2) is 6.83. The molecule has 4 aliphatic rings. The van der Waals surface area contributed by atoms with Crippen molar-refractivity contribution in [1.82, 2.24) is 15.0 Å². The lowest BCUT2D eigenvalue weighted by Gasteiger charge is -2.36. The van der Waals surface area contributed by atoms with Crippen LogP contribution in [0.5, 0.6) is 0 Å². The summed E-state index contributed by atoms with van der Waals surface area (Å²) >= 11 is 0. The summed E-state index contributed by atoms with van der Waals surface area (Å²) in [7, 11) is 0. The highest BCUT2D eigenvalue weighted by molar-refractivity contribution is 6.02. The highest BCUT2D eigenvalue weighted by Gasteiger charge is 2.67. The number of hydrogen-bond acceptors (Lipinski definition) is 7. The molecule has 0 radical (unpaired) electrons. The van der Waals surface area contributed by atoms with Gasteiger partial charge in [0.25, 0.3) is 0 Å². The lowest BCUT2D eigenvalue weighted by atomic mass is 9.76. The molecule has 1 aromatic rings. The first kappa shape index (κ1) is 19.1. The first-order valence-corrected chi connectivity index (χ1v) is 10.3. The van der Waals surface area contributed by atoms with Gasteiger partial charge >= 0.3 is 6.09 Å². The van der Waals surface area contributed by atoms with Crippen LogP contribution < -0.4 is 4.90 Å². The van der Waals surface area contributed by atoms with Gasteiger partial charge in [0.2, 0.25) is 11.8 Å². The minimum Gasteiger partial charge on any atom is -0.450 e. The number of hydrogen-bond donors (Lipinski definition) is 0. The summed E-state index contributed by atoms with van der Waals surface area (Å²) in [5, 5.41) is 3.96. The number of aromatic nitrogens is 1. The van der Waals surface area contributed by atoms with E-state index in [-0.39, 0.29) is 17.9 Å². The molecule has 0 aliphatic carbocycles. The van der Waals surface area contributed by atoms with Gasteiger partial charge in [-0.05, 0) is 13.8 Å². The third-order valence-corrected chi connectivity index (χ3v) is 6.39. The zero-order valence-corrected chi connectivity index (χ0v) is 16.9. The second-order valence-corrected chi connectivity index (χ2v) is 8.13. The molecule has 3 saturated heterocycles. The zero-order valence-electron chi connectivity index (χ0n) is 16.9. The molecule has 4 atom stereocenters. The van der Waals surface area contributed by atoms with Crippen LogP contribution in [0.3, 0.4) is 0 Å². The van der Waals surface area contributed by atoms with E-state index in [0.717, 1.165) is 0 Å². The largest absolute Gasteiger partial charge is 0.450 e. The van der Waals surface area contributed by atoms with Crippen LogP contribution in [0.2, 0.25) is 0 Å². The first-order chi connectivity index (χ1) is 14.4. The standard InChI is InChI=1S/C20H24N4O6/c1-3-28-19(27)23-8-6-22(7-9-23)17(25)15-13-4-5-20(29-13)11-24(18(26)16(15)20)14-10-12(2)30-21-14/h4-5,10,13,15-16H,3,6-9,11H2,1-2H3/t13-,15-,16-,20+/m1/s1. The van der Waals surface area contributed by atoms with E-state index in [1.807, 2.05) is 12.2 Å². The lowest BCUT2D eigenvalue weighted by Crippen LogP contribution is -2.54. The van der Waals surface area contributed by atoms with Crippen molar-refractivity contribution in [2.45, 2.75) is 25.6 Å². The number of amides is 3. The number of ether oxygens (including phenoxy) is 2. The van der Waals surface area contributed by atoms with E-state index in [0.29, 0.717) is 50.9 Å². The molecule has 160 valence electrons. The summed E-state index contributed by atoms with van der Waals surface area (Å²) < 4.78 is 16.3. The van der Waals surface area contributed by atoms with Gasteiger partial charge in [-0.15, -0.1) is 0 Å².